The van der Waals surface area contributed by atoms with Crippen LogP contribution in [0.4, 0.5) is 10.8 Å². The maximum absolute atomic E-state index is 12.6. The first kappa shape index (κ1) is 20.0. The van der Waals surface area contributed by atoms with Gasteiger partial charge in [0.25, 0.3) is 5.91 Å². The standard InChI is InChI=1S/C21H20N4O4S/c1-29-18-8-7-15(11-17(18)25(27)28)20(26)23-21-22-16-9-10-24(13-19(16)30-21)12-14-5-3-2-4-6-14/h2-8,11H,9-10,12-13H2,1H3,(H,22,23,26)/p+1. The third-order valence-electron chi connectivity index (χ3n) is 5.06. The molecule has 1 aliphatic heterocycles. The molecular formula is C21H21N4O4S+. The Morgan fingerprint density at radius 1 is 1.30 bits per heavy atom. The predicted molar refractivity (Wildman–Crippen MR) is 113 cm³/mol. The first-order valence-corrected chi connectivity index (χ1v) is 10.3. The van der Waals surface area contributed by atoms with Gasteiger partial charge in [-0.2, -0.15) is 0 Å². The maximum Gasteiger partial charge on any atom is 0.311 e. The van der Waals surface area contributed by atoms with Crippen molar-refractivity contribution in [2.24, 2.45) is 0 Å². The second-order valence-corrected chi connectivity index (χ2v) is 8.16. The van der Waals surface area contributed by atoms with Crippen LogP contribution in [0.1, 0.15) is 26.5 Å². The predicted octanol–water partition coefficient (Wildman–Crippen LogP) is 2.45. The molecule has 0 spiro atoms. The summed E-state index contributed by atoms with van der Waals surface area (Å²) < 4.78 is 4.98. The Labute approximate surface area is 177 Å². The molecule has 1 aliphatic rings. The maximum atomic E-state index is 12.6. The van der Waals surface area contributed by atoms with Crippen LogP contribution in [-0.2, 0) is 19.5 Å². The molecule has 1 amide bonds. The van der Waals surface area contributed by atoms with E-state index in [1.54, 1.807) is 0 Å². The van der Waals surface area contributed by atoms with Gasteiger partial charge >= 0.3 is 5.69 Å². The number of hydrogen-bond acceptors (Lipinski definition) is 6. The van der Waals surface area contributed by atoms with Gasteiger partial charge in [-0.25, -0.2) is 4.98 Å². The van der Waals surface area contributed by atoms with Crippen molar-refractivity contribution in [3.8, 4) is 5.75 Å². The zero-order valence-corrected chi connectivity index (χ0v) is 17.2. The molecule has 0 aliphatic carbocycles. The van der Waals surface area contributed by atoms with Crippen LogP contribution in [0.5, 0.6) is 5.75 Å². The highest BCUT2D eigenvalue weighted by Gasteiger charge is 2.25. The highest BCUT2D eigenvalue weighted by atomic mass is 32.1. The number of nitro benzene ring substituents is 1. The lowest BCUT2D eigenvalue weighted by molar-refractivity contribution is -0.929. The molecule has 3 aromatic rings. The molecule has 4 rings (SSSR count). The van der Waals surface area contributed by atoms with Gasteiger partial charge in [-0.15, -0.1) is 0 Å². The van der Waals surface area contributed by atoms with Crippen molar-refractivity contribution in [3.05, 3.63) is 80.3 Å². The van der Waals surface area contributed by atoms with E-state index in [1.807, 2.05) is 18.2 Å². The van der Waals surface area contributed by atoms with E-state index in [-0.39, 0.29) is 17.0 Å². The summed E-state index contributed by atoms with van der Waals surface area (Å²) in [5.41, 5.74) is 2.26. The average Bonchev–Trinajstić information content (AvgIpc) is 3.15. The number of methoxy groups -OCH3 is 1. The molecule has 1 aromatic heterocycles. The number of thiazole rings is 1. The lowest BCUT2D eigenvalue weighted by atomic mass is 10.1. The summed E-state index contributed by atoms with van der Waals surface area (Å²) in [6.45, 7) is 2.81. The number of nitro groups is 1. The summed E-state index contributed by atoms with van der Waals surface area (Å²) in [6, 6.07) is 14.5. The SMILES string of the molecule is COc1ccc(C(=O)Nc2nc3c(s2)C[NH+](Cc2ccccc2)CC3)cc1[N+](=O)[O-]. The lowest BCUT2D eigenvalue weighted by Gasteiger charge is -2.22. The quantitative estimate of drug-likeness (QED) is 0.467. The molecule has 0 saturated heterocycles. The van der Waals surface area contributed by atoms with Crippen LogP contribution in [0.2, 0.25) is 0 Å². The van der Waals surface area contributed by atoms with E-state index in [2.05, 4.69) is 22.4 Å². The van der Waals surface area contributed by atoms with Crippen LogP contribution in [0.3, 0.4) is 0 Å². The number of ether oxygens (including phenoxy) is 1. The van der Waals surface area contributed by atoms with Crippen molar-refractivity contribution in [1.29, 1.82) is 0 Å². The molecule has 0 fully saturated rings. The number of aromatic nitrogens is 1. The average molecular weight is 425 g/mol. The van der Waals surface area contributed by atoms with E-state index >= 15 is 0 Å². The van der Waals surface area contributed by atoms with Gasteiger partial charge in [-0.05, 0) is 12.1 Å². The minimum atomic E-state index is -0.568. The van der Waals surface area contributed by atoms with Crippen LogP contribution in [-0.4, -0.2) is 29.5 Å². The number of fused-ring (bicyclic) bond motifs is 1. The summed E-state index contributed by atoms with van der Waals surface area (Å²) in [5.74, 6) is -0.317. The zero-order valence-electron chi connectivity index (χ0n) is 16.4. The fraction of sp³-hybridized carbons (Fsp3) is 0.238. The third kappa shape index (κ3) is 4.32. The Morgan fingerprint density at radius 2 is 2.10 bits per heavy atom. The van der Waals surface area contributed by atoms with Crippen LogP contribution in [0.15, 0.2) is 48.5 Å². The van der Waals surface area contributed by atoms with Crippen molar-refractivity contribution in [2.75, 3.05) is 19.0 Å². The second-order valence-electron chi connectivity index (χ2n) is 7.08. The molecular weight excluding hydrogens is 404 g/mol. The summed E-state index contributed by atoms with van der Waals surface area (Å²) >= 11 is 1.47. The molecule has 1 unspecified atom stereocenters. The number of amides is 1. The minimum Gasteiger partial charge on any atom is -0.490 e. The van der Waals surface area contributed by atoms with E-state index in [0.29, 0.717) is 5.13 Å². The van der Waals surface area contributed by atoms with Gasteiger partial charge in [-0.1, -0.05) is 41.7 Å². The molecule has 1 atom stereocenters. The normalized spacial score (nSPS) is 15.3. The summed E-state index contributed by atoms with van der Waals surface area (Å²) in [5, 5.41) is 14.5. The van der Waals surface area contributed by atoms with Gasteiger partial charge in [0.05, 0.1) is 29.1 Å². The Bertz CT molecular complexity index is 1080. The Hall–Kier alpha value is -3.30. The van der Waals surface area contributed by atoms with Crippen molar-refractivity contribution in [3.63, 3.8) is 0 Å². The minimum absolute atomic E-state index is 0.114. The molecule has 2 heterocycles. The summed E-state index contributed by atoms with van der Waals surface area (Å²) in [7, 11) is 1.35. The molecule has 8 nitrogen and oxygen atoms in total. The Kier molecular flexibility index (Phi) is 5.73. The smallest absolute Gasteiger partial charge is 0.311 e. The van der Waals surface area contributed by atoms with Crippen LogP contribution in [0, 0.1) is 10.1 Å². The number of carbonyl (C=O) groups excluding carboxylic acids is 1. The topological polar surface area (TPSA) is 98.8 Å². The summed E-state index contributed by atoms with van der Waals surface area (Å²) in [6.07, 6.45) is 0.859. The van der Waals surface area contributed by atoms with Crippen LogP contribution >= 0.6 is 11.3 Å². The van der Waals surface area contributed by atoms with E-state index in [4.69, 9.17) is 4.74 Å². The first-order chi connectivity index (χ1) is 14.5. The lowest BCUT2D eigenvalue weighted by Crippen LogP contribution is -3.10. The van der Waals surface area contributed by atoms with Crippen molar-refractivity contribution < 1.29 is 19.4 Å². The Balaban J connectivity index is 1.45. The zero-order chi connectivity index (χ0) is 21.1. The van der Waals surface area contributed by atoms with Gasteiger partial charge in [0, 0.05) is 23.6 Å². The fourth-order valence-electron chi connectivity index (χ4n) is 3.56. The molecule has 2 N–H and O–H groups in total. The van der Waals surface area contributed by atoms with E-state index < -0.39 is 10.8 Å². The van der Waals surface area contributed by atoms with Crippen LogP contribution in [0.25, 0.3) is 0 Å². The van der Waals surface area contributed by atoms with E-state index in [0.717, 1.165) is 31.7 Å². The van der Waals surface area contributed by atoms with Gasteiger partial charge in [0.1, 0.15) is 13.1 Å². The number of rotatable bonds is 6. The first-order valence-electron chi connectivity index (χ1n) is 9.53. The molecule has 2 aromatic carbocycles. The number of nitrogens with one attached hydrogen (secondary N) is 2. The van der Waals surface area contributed by atoms with E-state index in [1.165, 1.54) is 52.0 Å². The van der Waals surface area contributed by atoms with Gasteiger partial charge in [0.15, 0.2) is 10.9 Å². The van der Waals surface area contributed by atoms with Crippen LogP contribution < -0.4 is 15.0 Å². The monoisotopic (exact) mass is 425 g/mol. The van der Waals surface area contributed by atoms with Gasteiger partial charge in [-0.3, -0.25) is 20.2 Å². The number of anilines is 1. The third-order valence-corrected chi connectivity index (χ3v) is 6.07. The molecule has 0 radical (unpaired) electrons. The van der Waals surface area contributed by atoms with Crippen molar-refractivity contribution >= 4 is 28.1 Å². The number of carbonyl (C=O) groups is 1. The number of hydrogen-bond donors (Lipinski definition) is 2. The largest absolute Gasteiger partial charge is 0.490 e. The Morgan fingerprint density at radius 3 is 2.83 bits per heavy atom. The highest BCUT2D eigenvalue weighted by Crippen LogP contribution is 2.29. The molecule has 0 bridgehead atoms. The fourth-order valence-corrected chi connectivity index (χ4v) is 4.63. The van der Waals surface area contributed by atoms with Crippen molar-refractivity contribution in [2.45, 2.75) is 19.5 Å². The number of benzene rings is 2. The van der Waals surface area contributed by atoms with Crippen molar-refractivity contribution in [1.82, 2.24) is 4.98 Å². The number of nitrogens with zero attached hydrogens (tertiary/aromatic N) is 2. The van der Waals surface area contributed by atoms with Gasteiger partial charge in [0.2, 0.25) is 0 Å². The highest BCUT2D eigenvalue weighted by molar-refractivity contribution is 7.15. The molecule has 9 heteroatoms. The number of quaternary nitrogens is 1. The molecule has 0 saturated carbocycles. The summed E-state index contributed by atoms with van der Waals surface area (Å²) in [4.78, 5) is 30.4. The molecule has 154 valence electrons. The van der Waals surface area contributed by atoms with Gasteiger partial charge < -0.3 is 9.64 Å². The molecule has 30 heavy (non-hydrogen) atoms. The second kappa shape index (κ2) is 8.60. The van der Waals surface area contributed by atoms with E-state index in [9.17, 15) is 14.9 Å².